The lowest BCUT2D eigenvalue weighted by atomic mass is 9.93. The molecule has 1 amide bonds. The second-order valence-electron chi connectivity index (χ2n) is 9.04. The van der Waals surface area contributed by atoms with Crippen LogP contribution in [0.5, 0.6) is 0 Å². The summed E-state index contributed by atoms with van der Waals surface area (Å²) in [6.07, 6.45) is 2.33. The molecule has 0 radical (unpaired) electrons. The van der Waals surface area contributed by atoms with Gasteiger partial charge in [-0.05, 0) is 58.7 Å². The zero-order chi connectivity index (χ0) is 25.0. The molecule has 0 spiro atoms. The number of hydrogen-bond acceptors (Lipinski definition) is 4. The van der Waals surface area contributed by atoms with E-state index in [2.05, 4.69) is 6.07 Å². The first-order chi connectivity index (χ1) is 16.7. The van der Waals surface area contributed by atoms with E-state index in [1.54, 1.807) is 17.4 Å². The predicted octanol–water partition coefficient (Wildman–Crippen LogP) is 5.83. The number of sulfonamides is 1. The van der Waals surface area contributed by atoms with Gasteiger partial charge in [0.05, 0.1) is 12.6 Å². The minimum atomic E-state index is -3.80. The Kier molecular flexibility index (Phi) is 8.12. The summed E-state index contributed by atoms with van der Waals surface area (Å²) in [6.45, 7) is 4.49. The molecule has 0 aliphatic carbocycles. The average Bonchev–Trinajstić information content (AvgIpc) is 3.32. The van der Waals surface area contributed by atoms with Crippen molar-refractivity contribution >= 4 is 44.9 Å². The second-order valence-corrected chi connectivity index (χ2v) is 12.3. The highest BCUT2D eigenvalue weighted by molar-refractivity contribution is 7.92. The maximum Gasteiger partial charge on any atom is 0.238 e. The number of hydrogen-bond donors (Lipinski definition) is 0. The fraction of sp³-hybridized carbons (Fsp3) is 0.296. The normalized spacial score (nSPS) is 16.3. The van der Waals surface area contributed by atoms with Crippen molar-refractivity contribution in [1.82, 2.24) is 9.21 Å². The van der Waals surface area contributed by atoms with Crippen molar-refractivity contribution in [1.29, 1.82) is 0 Å². The van der Waals surface area contributed by atoms with Crippen LogP contribution in [0.15, 0.2) is 71.5 Å². The van der Waals surface area contributed by atoms with Gasteiger partial charge in [-0.3, -0.25) is 4.79 Å². The third-order valence-corrected chi connectivity index (χ3v) is 8.67. The van der Waals surface area contributed by atoms with Gasteiger partial charge in [0.15, 0.2) is 0 Å². The summed E-state index contributed by atoms with van der Waals surface area (Å²) in [6, 6.07) is 18.6. The largest absolute Gasteiger partial charge is 0.330 e. The molecule has 1 atom stereocenters. The number of thiophene rings is 1. The van der Waals surface area contributed by atoms with E-state index in [4.69, 9.17) is 11.6 Å². The molecule has 0 bridgehead atoms. The van der Waals surface area contributed by atoms with Crippen LogP contribution in [0.25, 0.3) is 6.08 Å². The third-order valence-electron chi connectivity index (χ3n) is 5.94. The van der Waals surface area contributed by atoms with Crippen LogP contribution in [-0.4, -0.2) is 43.2 Å². The molecule has 4 rings (SSSR count). The number of amides is 1. The molecule has 2 aromatic carbocycles. The fourth-order valence-electron chi connectivity index (χ4n) is 4.31. The van der Waals surface area contributed by atoms with Gasteiger partial charge in [0.25, 0.3) is 0 Å². The Labute approximate surface area is 216 Å². The number of nitrogens with zero attached hydrogens (tertiary/aromatic N) is 2. The van der Waals surface area contributed by atoms with Crippen molar-refractivity contribution in [2.75, 3.05) is 19.6 Å². The first-order valence-corrected chi connectivity index (χ1v) is 14.3. The van der Waals surface area contributed by atoms with Crippen LogP contribution < -0.4 is 0 Å². The van der Waals surface area contributed by atoms with E-state index in [9.17, 15) is 13.2 Å². The van der Waals surface area contributed by atoms with Gasteiger partial charge in [0, 0.05) is 28.4 Å². The molecule has 5 nitrogen and oxygen atoms in total. The fourth-order valence-corrected chi connectivity index (χ4v) is 6.64. The van der Waals surface area contributed by atoms with E-state index in [0.29, 0.717) is 11.6 Å². The number of fused-ring (bicyclic) bond motifs is 1. The molecule has 0 fully saturated rings. The Morgan fingerprint density at radius 3 is 2.54 bits per heavy atom. The number of benzene rings is 2. The van der Waals surface area contributed by atoms with Gasteiger partial charge in [-0.1, -0.05) is 67.9 Å². The molecule has 1 unspecified atom stereocenters. The molecular weight excluding hydrogens is 500 g/mol. The van der Waals surface area contributed by atoms with E-state index in [0.717, 1.165) is 23.1 Å². The molecule has 0 N–H and O–H groups in total. The highest BCUT2D eigenvalue weighted by Crippen LogP contribution is 2.38. The van der Waals surface area contributed by atoms with Gasteiger partial charge in [0.1, 0.15) is 0 Å². The highest BCUT2D eigenvalue weighted by Gasteiger charge is 2.35. The van der Waals surface area contributed by atoms with Gasteiger partial charge in [-0.2, -0.15) is 4.31 Å². The van der Waals surface area contributed by atoms with Gasteiger partial charge in [0.2, 0.25) is 15.9 Å². The number of halogens is 1. The van der Waals surface area contributed by atoms with Crippen LogP contribution in [0.2, 0.25) is 5.02 Å². The lowest BCUT2D eigenvalue weighted by molar-refractivity contribution is -0.133. The van der Waals surface area contributed by atoms with Crippen molar-refractivity contribution in [3.05, 3.63) is 98.0 Å². The molecule has 8 heteroatoms. The molecule has 3 aromatic rings. The van der Waals surface area contributed by atoms with Crippen molar-refractivity contribution in [2.45, 2.75) is 26.3 Å². The maximum atomic E-state index is 13.7. The molecule has 35 heavy (non-hydrogen) atoms. The summed E-state index contributed by atoms with van der Waals surface area (Å²) in [5.74, 6) is -0.140. The third kappa shape index (κ3) is 6.22. The van der Waals surface area contributed by atoms with Crippen LogP contribution in [0.1, 0.15) is 41.5 Å². The lowest BCUT2D eigenvalue weighted by Crippen LogP contribution is -2.47. The van der Waals surface area contributed by atoms with E-state index < -0.39 is 10.0 Å². The molecule has 0 saturated carbocycles. The van der Waals surface area contributed by atoms with Crippen LogP contribution in [0.3, 0.4) is 0 Å². The van der Waals surface area contributed by atoms with Gasteiger partial charge in [-0.15, -0.1) is 11.3 Å². The Morgan fingerprint density at radius 1 is 1.14 bits per heavy atom. The predicted molar refractivity (Wildman–Crippen MR) is 144 cm³/mol. The lowest BCUT2D eigenvalue weighted by Gasteiger charge is -2.37. The Balaban J connectivity index is 1.61. The first-order valence-electron chi connectivity index (χ1n) is 11.6. The highest BCUT2D eigenvalue weighted by atomic mass is 35.5. The van der Waals surface area contributed by atoms with Crippen LogP contribution in [-0.2, 0) is 21.2 Å². The Bertz CT molecular complexity index is 1290. The minimum Gasteiger partial charge on any atom is -0.330 e. The molecule has 1 aliphatic rings. The zero-order valence-electron chi connectivity index (χ0n) is 19.8. The van der Waals surface area contributed by atoms with Gasteiger partial charge >= 0.3 is 0 Å². The van der Waals surface area contributed by atoms with Crippen LogP contribution in [0.4, 0.5) is 0 Å². The summed E-state index contributed by atoms with van der Waals surface area (Å²) in [4.78, 5) is 16.7. The maximum absolute atomic E-state index is 13.7. The Morgan fingerprint density at radius 2 is 1.86 bits per heavy atom. The topological polar surface area (TPSA) is 57.7 Å². The zero-order valence-corrected chi connectivity index (χ0v) is 22.2. The van der Waals surface area contributed by atoms with E-state index in [1.807, 2.05) is 78.7 Å². The standard InChI is InChI=1S/C27H29ClN2O3S2/c1-20(2)18-29(35(32,33)17-14-21-6-4-3-5-7-21)19-26(31)30-15-12-25-24(13-16-34-25)27(30)22-8-10-23(28)11-9-22/h3-11,13-14,16-17,20,27H,12,15,18-19H2,1-2H3. The van der Waals surface area contributed by atoms with Crippen molar-refractivity contribution in [2.24, 2.45) is 5.92 Å². The number of rotatable bonds is 8. The number of carbonyl (C=O) groups excluding carboxylic acids is 1. The molecule has 184 valence electrons. The van der Waals surface area contributed by atoms with Crippen molar-refractivity contribution in [3.63, 3.8) is 0 Å². The summed E-state index contributed by atoms with van der Waals surface area (Å²) >= 11 is 7.80. The molecule has 2 heterocycles. The van der Waals surface area contributed by atoms with Gasteiger partial charge < -0.3 is 4.90 Å². The smallest absolute Gasteiger partial charge is 0.238 e. The molecular formula is C27H29ClN2O3S2. The van der Waals surface area contributed by atoms with Crippen molar-refractivity contribution < 1.29 is 13.2 Å². The second kappa shape index (κ2) is 11.1. The van der Waals surface area contributed by atoms with Crippen LogP contribution in [0, 0.1) is 5.92 Å². The van der Waals surface area contributed by atoms with Crippen molar-refractivity contribution in [3.8, 4) is 0 Å². The SMILES string of the molecule is CC(C)CN(CC(=O)N1CCc2sccc2C1c1ccc(Cl)cc1)S(=O)(=O)C=Cc1ccccc1. The Hall–Kier alpha value is -2.45. The van der Waals surface area contributed by atoms with Crippen LogP contribution >= 0.6 is 22.9 Å². The monoisotopic (exact) mass is 528 g/mol. The molecule has 0 saturated heterocycles. The quantitative estimate of drug-likeness (QED) is 0.369. The van der Waals surface area contributed by atoms with E-state index in [-0.39, 0.29) is 31.0 Å². The first kappa shape index (κ1) is 25.6. The van der Waals surface area contributed by atoms with E-state index in [1.165, 1.54) is 14.6 Å². The average molecular weight is 529 g/mol. The number of carbonyl (C=O) groups is 1. The van der Waals surface area contributed by atoms with E-state index >= 15 is 0 Å². The molecule has 1 aromatic heterocycles. The summed E-state index contributed by atoms with van der Waals surface area (Å²) < 4.78 is 27.8. The summed E-state index contributed by atoms with van der Waals surface area (Å²) in [7, 11) is -3.80. The van der Waals surface area contributed by atoms with Gasteiger partial charge in [-0.25, -0.2) is 8.42 Å². The summed E-state index contributed by atoms with van der Waals surface area (Å²) in [5, 5.41) is 3.88. The molecule has 1 aliphatic heterocycles. The summed E-state index contributed by atoms with van der Waals surface area (Å²) in [5.41, 5.74) is 2.85. The minimum absolute atomic E-state index is 0.0691.